The Hall–Kier alpha value is -1.31. The number of carboxylic acids is 1. The van der Waals surface area contributed by atoms with Gasteiger partial charge in [0.05, 0.1) is 5.56 Å². The quantitative estimate of drug-likeness (QED) is 0.721. The molecule has 1 rings (SSSR count). The Bertz CT molecular complexity index is 318. The summed E-state index contributed by atoms with van der Waals surface area (Å²) >= 11 is 0. The van der Waals surface area contributed by atoms with E-state index in [4.69, 9.17) is 5.11 Å². The van der Waals surface area contributed by atoms with E-state index in [1.807, 2.05) is 18.6 Å². The first-order chi connectivity index (χ1) is 7.25. The lowest BCUT2D eigenvalue weighted by Gasteiger charge is -2.04. The second-order valence-corrected chi connectivity index (χ2v) is 3.59. The molecule has 1 radical (unpaired) electrons. The van der Waals surface area contributed by atoms with Crippen molar-refractivity contribution in [2.24, 2.45) is 0 Å². The molecule has 0 atom stereocenters. The molecular weight excluding hydrogens is 188 g/mol. The molecule has 0 saturated carbocycles. The average Bonchev–Trinajstić information content (AvgIpc) is 2.25. The third-order valence-electron chi connectivity index (χ3n) is 2.36. The topological polar surface area (TPSA) is 37.3 Å². The van der Waals surface area contributed by atoms with Crippen molar-refractivity contribution in [2.75, 3.05) is 0 Å². The molecule has 0 bridgehead atoms. The van der Waals surface area contributed by atoms with Crippen molar-refractivity contribution >= 4 is 5.97 Å². The van der Waals surface area contributed by atoms with Gasteiger partial charge in [-0.3, -0.25) is 0 Å². The van der Waals surface area contributed by atoms with Crippen molar-refractivity contribution in [2.45, 2.75) is 32.6 Å². The molecule has 1 aromatic carbocycles. The molecule has 1 N–H and O–H groups in total. The zero-order valence-electron chi connectivity index (χ0n) is 9.07. The first-order valence-electron chi connectivity index (χ1n) is 5.41. The van der Waals surface area contributed by atoms with Gasteiger partial charge in [-0.25, -0.2) is 4.79 Å². The summed E-state index contributed by atoms with van der Waals surface area (Å²) in [5.74, 6) is -0.850. The van der Waals surface area contributed by atoms with Gasteiger partial charge in [0, 0.05) is 0 Å². The Morgan fingerprint density at radius 2 is 2.07 bits per heavy atom. The van der Waals surface area contributed by atoms with Gasteiger partial charge in [-0.1, -0.05) is 44.4 Å². The number of carboxylic acid groups (broad SMARTS) is 1. The minimum Gasteiger partial charge on any atom is -0.478 e. The molecule has 0 amide bonds. The van der Waals surface area contributed by atoms with Gasteiger partial charge in [0.2, 0.25) is 0 Å². The first-order valence-corrected chi connectivity index (χ1v) is 5.41. The Kier molecular flexibility index (Phi) is 4.88. The monoisotopic (exact) mass is 205 g/mol. The van der Waals surface area contributed by atoms with Gasteiger partial charge in [0.25, 0.3) is 0 Å². The minimum absolute atomic E-state index is 0.397. The molecule has 0 aliphatic rings. The summed E-state index contributed by atoms with van der Waals surface area (Å²) < 4.78 is 0. The van der Waals surface area contributed by atoms with Crippen LogP contribution >= 0.6 is 0 Å². The second kappa shape index (κ2) is 6.23. The normalized spacial score (nSPS) is 10.2. The highest BCUT2D eigenvalue weighted by atomic mass is 16.4. The SMILES string of the molecule is CCCCC[CH]c1ccccc1C(=O)O. The van der Waals surface area contributed by atoms with Crippen LogP contribution in [0.3, 0.4) is 0 Å². The third-order valence-corrected chi connectivity index (χ3v) is 2.36. The maximum absolute atomic E-state index is 10.9. The van der Waals surface area contributed by atoms with Crippen molar-refractivity contribution < 1.29 is 9.90 Å². The van der Waals surface area contributed by atoms with Gasteiger partial charge in [0.1, 0.15) is 0 Å². The Morgan fingerprint density at radius 1 is 1.33 bits per heavy atom. The van der Waals surface area contributed by atoms with Crippen molar-refractivity contribution in [1.82, 2.24) is 0 Å². The highest BCUT2D eigenvalue weighted by Crippen LogP contribution is 2.14. The van der Waals surface area contributed by atoms with Gasteiger partial charge >= 0.3 is 5.97 Å². The van der Waals surface area contributed by atoms with Gasteiger partial charge < -0.3 is 5.11 Å². The van der Waals surface area contributed by atoms with Gasteiger partial charge in [-0.2, -0.15) is 0 Å². The van der Waals surface area contributed by atoms with Crippen molar-refractivity contribution in [3.63, 3.8) is 0 Å². The van der Waals surface area contributed by atoms with E-state index in [1.165, 1.54) is 12.8 Å². The predicted molar refractivity (Wildman–Crippen MR) is 60.9 cm³/mol. The molecule has 0 spiro atoms. The lowest BCUT2D eigenvalue weighted by Crippen LogP contribution is -2.00. The molecule has 0 unspecified atom stereocenters. The molecule has 0 aliphatic carbocycles. The zero-order chi connectivity index (χ0) is 11.1. The summed E-state index contributed by atoms with van der Waals surface area (Å²) in [6, 6.07) is 7.13. The van der Waals surface area contributed by atoms with Crippen LogP contribution in [0.25, 0.3) is 0 Å². The van der Waals surface area contributed by atoms with Crippen LogP contribution in [0.5, 0.6) is 0 Å². The van der Waals surface area contributed by atoms with Crippen LogP contribution in [0, 0.1) is 6.42 Å². The Balaban J connectivity index is 2.56. The highest BCUT2D eigenvalue weighted by molar-refractivity contribution is 5.89. The van der Waals surface area contributed by atoms with E-state index in [1.54, 1.807) is 12.1 Å². The molecule has 2 heteroatoms. The second-order valence-electron chi connectivity index (χ2n) is 3.59. The first kappa shape index (κ1) is 11.8. The summed E-state index contributed by atoms with van der Waals surface area (Å²) in [4.78, 5) is 10.9. The maximum Gasteiger partial charge on any atom is 0.335 e. The van der Waals surface area contributed by atoms with Gasteiger partial charge in [0.15, 0.2) is 0 Å². The molecule has 0 aromatic heterocycles. The molecule has 81 valence electrons. The largest absolute Gasteiger partial charge is 0.478 e. The fraction of sp³-hybridized carbons (Fsp3) is 0.385. The lowest BCUT2D eigenvalue weighted by molar-refractivity contribution is 0.0696. The number of carbonyl (C=O) groups is 1. The number of benzene rings is 1. The molecule has 15 heavy (non-hydrogen) atoms. The van der Waals surface area contributed by atoms with E-state index in [-0.39, 0.29) is 0 Å². The van der Waals surface area contributed by atoms with E-state index in [0.29, 0.717) is 5.56 Å². The fourth-order valence-electron chi connectivity index (χ4n) is 1.52. The molecule has 0 heterocycles. The van der Waals surface area contributed by atoms with E-state index >= 15 is 0 Å². The molecule has 0 fully saturated rings. The van der Waals surface area contributed by atoms with Crippen LogP contribution in [0.2, 0.25) is 0 Å². The molecule has 2 nitrogen and oxygen atoms in total. The predicted octanol–water partition coefficient (Wildman–Crippen LogP) is 3.52. The Labute approximate surface area is 90.9 Å². The van der Waals surface area contributed by atoms with E-state index < -0.39 is 5.97 Å². The third kappa shape index (κ3) is 3.74. The summed E-state index contributed by atoms with van der Waals surface area (Å²) in [5.41, 5.74) is 1.23. The smallest absolute Gasteiger partial charge is 0.335 e. The van der Waals surface area contributed by atoms with Crippen LogP contribution in [0.15, 0.2) is 24.3 Å². The minimum atomic E-state index is -0.850. The summed E-state index contributed by atoms with van der Waals surface area (Å²) in [6.45, 7) is 2.16. The number of aromatic carboxylic acids is 1. The lowest BCUT2D eigenvalue weighted by atomic mass is 10.0. The standard InChI is InChI=1S/C13H17O2/c1-2-3-4-5-8-11-9-6-7-10-12(11)13(14)15/h6-10H,2-5H2,1H3,(H,14,15). The summed E-state index contributed by atoms with van der Waals surface area (Å²) in [5, 5.41) is 8.95. The van der Waals surface area contributed by atoms with E-state index in [0.717, 1.165) is 18.4 Å². The van der Waals surface area contributed by atoms with Crippen LogP contribution in [-0.4, -0.2) is 11.1 Å². The fourth-order valence-corrected chi connectivity index (χ4v) is 1.52. The van der Waals surface area contributed by atoms with Gasteiger partial charge in [-0.05, 0) is 24.5 Å². The maximum atomic E-state index is 10.9. The van der Waals surface area contributed by atoms with Gasteiger partial charge in [-0.15, -0.1) is 0 Å². The molecular formula is C13H17O2. The number of rotatable bonds is 6. The van der Waals surface area contributed by atoms with Crippen LogP contribution in [0.4, 0.5) is 0 Å². The number of hydrogen-bond acceptors (Lipinski definition) is 1. The highest BCUT2D eigenvalue weighted by Gasteiger charge is 2.07. The van der Waals surface area contributed by atoms with Crippen molar-refractivity contribution in [3.8, 4) is 0 Å². The van der Waals surface area contributed by atoms with E-state index in [2.05, 4.69) is 6.92 Å². The number of hydrogen-bond donors (Lipinski definition) is 1. The molecule has 0 aliphatic heterocycles. The summed E-state index contributed by atoms with van der Waals surface area (Å²) in [6.07, 6.45) is 6.49. The van der Waals surface area contributed by atoms with E-state index in [9.17, 15) is 4.79 Å². The summed E-state index contributed by atoms with van der Waals surface area (Å²) in [7, 11) is 0. The Morgan fingerprint density at radius 3 is 2.73 bits per heavy atom. The molecule has 0 saturated heterocycles. The van der Waals surface area contributed by atoms with Crippen molar-refractivity contribution in [3.05, 3.63) is 41.8 Å². The van der Waals surface area contributed by atoms with Crippen LogP contribution in [-0.2, 0) is 0 Å². The molecule has 1 aromatic rings. The number of unbranched alkanes of at least 4 members (excludes halogenated alkanes) is 3. The van der Waals surface area contributed by atoms with Crippen molar-refractivity contribution in [1.29, 1.82) is 0 Å². The van der Waals surface area contributed by atoms with Crippen LogP contribution in [0.1, 0.15) is 48.5 Å². The zero-order valence-corrected chi connectivity index (χ0v) is 9.07. The van der Waals surface area contributed by atoms with Crippen LogP contribution < -0.4 is 0 Å². The average molecular weight is 205 g/mol.